The first-order chi connectivity index (χ1) is 13.2. The van der Waals surface area contributed by atoms with Gasteiger partial charge in [0.1, 0.15) is 0 Å². The molecule has 1 aromatic carbocycles. The summed E-state index contributed by atoms with van der Waals surface area (Å²) in [6.45, 7) is 0. The van der Waals surface area contributed by atoms with Crippen LogP contribution in [0.4, 0.5) is 5.69 Å². The molecule has 0 saturated carbocycles. The van der Waals surface area contributed by atoms with Gasteiger partial charge in [-0.25, -0.2) is 0 Å². The first kappa shape index (κ1) is 17.2. The molecule has 0 spiro atoms. The fourth-order valence-corrected chi connectivity index (χ4v) is 2.83. The van der Waals surface area contributed by atoms with Gasteiger partial charge in [0.15, 0.2) is 10.4 Å². The van der Waals surface area contributed by atoms with Crippen molar-refractivity contribution in [3.05, 3.63) is 82.8 Å². The van der Waals surface area contributed by atoms with E-state index in [-0.39, 0.29) is 11.7 Å². The number of hydrogen-bond donors (Lipinski definition) is 1. The Balaban J connectivity index is 1.53. The molecule has 0 unspecified atom stereocenters. The number of nitrogens with one attached hydrogen (secondary N) is 1. The number of rotatable bonds is 5. The van der Waals surface area contributed by atoms with Crippen molar-refractivity contribution in [3.63, 3.8) is 0 Å². The normalized spacial score (nSPS) is 10.7. The van der Waals surface area contributed by atoms with Crippen molar-refractivity contribution in [2.45, 2.75) is 6.42 Å². The maximum Gasteiger partial charge on any atom is 0.291 e. The van der Waals surface area contributed by atoms with Gasteiger partial charge in [-0.3, -0.25) is 9.78 Å². The second kappa shape index (κ2) is 7.55. The summed E-state index contributed by atoms with van der Waals surface area (Å²) >= 11 is 3.19. The summed E-state index contributed by atoms with van der Waals surface area (Å²) in [6.07, 6.45) is 3.72. The first-order valence-corrected chi connectivity index (χ1v) is 8.86. The minimum atomic E-state index is -0.337. The van der Waals surface area contributed by atoms with E-state index in [1.54, 1.807) is 24.5 Å². The Morgan fingerprint density at radius 1 is 1.07 bits per heavy atom. The van der Waals surface area contributed by atoms with Crippen LogP contribution in [0, 0.1) is 0 Å². The Morgan fingerprint density at radius 3 is 2.67 bits per heavy atom. The van der Waals surface area contributed by atoms with E-state index in [9.17, 15) is 4.79 Å². The molecule has 0 fully saturated rings. The van der Waals surface area contributed by atoms with E-state index >= 15 is 0 Å². The fourth-order valence-electron chi connectivity index (χ4n) is 2.52. The standard InChI is InChI=1S/C19H13BrN4O3/c20-16-6-5-15(26-16)19(25)22-14-4-2-1-3-13(14)11-17-23-18(24-27-17)12-7-9-21-10-8-12/h1-10H,11H2,(H,22,25). The average molecular weight is 425 g/mol. The van der Waals surface area contributed by atoms with Gasteiger partial charge >= 0.3 is 0 Å². The number of carbonyl (C=O) groups excluding carboxylic acids is 1. The van der Waals surface area contributed by atoms with Crippen molar-refractivity contribution in [2.24, 2.45) is 0 Å². The number of pyridine rings is 1. The summed E-state index contributed by atoms with van der Waals surface area (Å²) in [6, 6.07) is 14.3. The summed E-state index contributed by atoms with van der Waals surface area (Å²) in [5.74, 6) is 0.823. The van der Waals surface area contributed by atoms with Crippen molar-refractivity contribution in [2.75, 3.05) is 5.32 Å². The molecule has 134 valence electrons. The molecule has 0 aliphatic carbocycles. The molecule has 0 saturated heterocycles. The van der Waals surface area contributed by atoms with Gasteiger partial charge in [0.25, 0.3) is 5.91 Å². The first-order valence-electron chi connectivity index (χ1n) is 8.06. The van der Waals surface area contributed by atoms with E-state index in [2.05, 4.69) is 36.4 Å². The third-order valence-electron chi connectivity index (χ3n) is 3.81. The Bertz CT molecular complexity index is 1080. The third-order valence-corrected chi connectivity index (χ3v) is 4.24. The lowest BCUT2D eigenvalue weighted by molar-refractivity contribution is 0.0995. The molecule has 0 atom stereocenters. The van der Waals surface area contributed by atoms with Gasteiger partial charge in [0, 0.05) is 23.6 Å². The van der Waals surface area contributed by atoms with E-state index in [0.29, 0.717) is 28.5 Å². The lowest BCUT2D eigenvalue weighted by Crippen LogP contribution is -2.12. The quantitative estimate of drug-likeness (QED) is 0.512. The van der Waals surface area contributed by atoms with E-state index in [0.717, 1.165) is 11.1 Å². The predicted octanol–water partition coefficient (Wildman–Crippen LogP) is 4.33. The smallest absolute Gasteiger partial charge is 0.291 e. The number of aromatic nitrogens is 3. The molecule has 4 aromatic rings. The summed E-state index contributed by atoms with van der Waals surface area (Å²) in [4.78, 5) is 20.7. The number of nitrogens with zero attached hydrogens (tertiary/aromatic N) is 3. The van der Waals surface area contributed by atoms with Crippen molar-refractivity contribution in [1.29, 1.82) is 0 Å². The molecule has 3 aromatic heterocycles. The molecule has 0 aliphatic rings. The fraction of sp³-hybridized carbons (Fsp3) is 0.0526. The zero-order valence-electron chi connectivity index (χ0n) is 13.9. The van der Waals surface area contributed by atoms with Gasteiger partial charge in [-0.1, -0.05) is 23.4 Å². The molecule has 1 N–H and O–H groups in total. The summed E-state index contributed by atoms with van der Waals surface area (Å²) < 4.78 is 11.1. The second-order valence-electron chi connectivity index (χ2n) is 5.64. The molecule has 7 nitrogen and oxygen atoms in total. The number of para-hydroxylation sites is 1. The van der Waals surface area contributed by atoms with Crippen LogP contribution in [0.5, 0.6) is 0 Å². The van der Waals surface area contributed by atoms with Crippen LogP contribution in [-0.4, -0.2) is 21.0 Å². The largest absolute Gasteiger partial charge is 0.444 e. The highest BCUT2D eigenvalue weighted by Crippen LogP contribution is 2.22. The van der Waals surface area contributed by atoms with Crippen LogP contribution < -0.4 is 5.32 Å². The number of halogens is 1. The maximum atomic E-state index is 12.3. The zero-order valence-corrected chi connectivity index (χ0v) is 15.5. The highest BCUT2D eigenvalue weighted by atomic mass is 79.9. The van der Waals surface area contributed by atoms with Crippen molar-refractivity contribution in [3.8, 4) is 11.4 Å². The molecule has 4 rings (SSSR count). The Kier molecular flexibility index (Phi) is 4.80. The minimum Gasteiger partial charge on any atom is -0.444 e. The van der Waals surface area contributed by atoms with Gasteiger partial charge in [0.05, 0.1) is 6.42 Å². The Morgan fingerprint density at radius 2 is 1.89 bits per heavy atom. The minimum absolute atomic E-state index is 0.217. The third kappa shape index (κ3) is 3.95. The lowest BCUT2D eigenvalue weighted by atomic mass is 10.1. The van der Waals surface area contributed by atoms with Gasteiger partial charge in [-0.15, -0.1) is 0 Å². The van der Waals surface area contributed by atoms with E-state index in [1.807, 2.05) is 36.4 Å². The highest BCUT2D eigenvalue weighted by Gasteiger charge is 2.15. The van der Waals surface area contributed by atoms with Crippen LogP contribution in [-0.2, 0) is 6.42 Å². The molecule has 0 aliphatic heterocycles. The van der Waals surface area contributed by atoms with Crippen LogP contribution >= 0.6 is 15.9 Å². The summed E-state index contributed by atoms with van der Waals surface area (Å²) in [5, 5.41) is 6.85. The van der Waals surface area contributed by atoms with Gasteiger partial charge in [-0.2, -0.15) is 4.98 Å². The summed E-state index contributed by atoms with van der Waals surface area (Å²) in [7, 11) is 0. The molecule has 1 amide bonds. The molecule has 3 heterocycles. The van der Waals surface area contributed by atoms with E-state index < -0.39 is 0 Å². The van der Waals surface area contributed by atoms with Crippen LogP contribution in [0.2, 0.25) is 0 Å². The lowest BCUT2D eigenvalue weighted by Gasteiger charge is -2.08. The topological polar surface area (TPSA) is 94.1 Å². The molecular weight excluding hydrogens is 412 g/mol. The second-order valence-corrected chi connectivity index (χ2v) is 6.42. The zero-order chi connectivity index (χ0) is 18.6. The number of furan rings is 1. The van der Waals surface area contributed by atoms with Crippen LogP contribution in [0.1, 0.15) is 22.0 Å². The van der Waals surface area contributed by atoms with Gasteiger partial charge in [-0.05, 0) is 51.8 Å². The Hall–Kier alpha value is -3.26. The molecular formula is C19H13BrN4O3. The van der Waals surface area contributed by atoms with Crippen LogP contribution in [0.25, 0.3) is 11.4 Å². The number of benzene rings is 1. The number of amides is 1. The van der Waals surface area contributed by atoms with E-state index in [1.165, 1.54) is 0 Å². The van der Waals surface area contributed by atoms with Crippen LogP contribution in [0.3, 0.4) is 0 Å². The number of hydrogen-bond acceptors (Lipinski definition) is 6. The number of carbonyl (C=O) groups is 1. The van der Waals surface area contributed by atoms with Crippen LogP contribution in [0.15, 0.2) is 74.5 Å². The molecule has 0 radical (unpaired) electrons. The Labute approximate surface area is 162 Å². The summed E-state index contributed by atoms with van der Waals surface area (Å²) in [5.41, 5.74) is 2.32. The maximum absolute atomic E-state index is 12.3. The van der Waals surface area contributed by atoms with Crippen molar-refractivity contribution < 1.29 is 13.7 Å². The van der Waals surface area contributed by atoms with E-state index in [4.69, 9.17) is 8.94 Å². The van der Waals surface area contributed by atoms with Gasteiger partial charge in [0.2, 0.25) is 11.7 Å². The highest BCUT2D eigenvalue weighted by molar-refractivity contribution is 9.10. The predicted molar refractivity (Wildman–Crippen MR) is 101 cm³/mol. The molecule has 27 heavy (non-hydrogen) atoms. The monoisotopic (exact) mass is 424 g/mol. The van der Waals surface area contributed by atoms with Crippen molar-refractivity contribution >= 4 is 27.5 Å². The van der Waals surface area contributed by atoms with Gasteiger partial charge < -0.3 is 14.3 Å². The molecule has 8 heteroatoms. The van der Waals surface area contributed by atoms with Crippen molar-refractivity contribution in [1.82, 2.24) is 15.1 Å². The average Bonchev–Trinajstić information content (AvgIpc) is 3.33. The SMILES string of the molecule is O=C(Nc1ccccc1Cc1nc(-c2ccncc2)no1)c1ccc(Br)o1. The number of anilines is 1. The molecule has 0 bridgehead atoms.